The van der Waals surface area contributed by atoms with Gasteiger partial charge in [0.2, 0.25) is 0 Å². The molecule has 0 aromatic heterocycles. The number of nitrogens with one attached hydrogen (secondary N) is 1. The standard InChI is InChI=1S/C6H10N2/c1-6(2)4-3-5(6)8-7/h3,7H,4H2,1-2H3. The van der Waals surface area contributed by atoms with Crippen molar-refractivity contribution in [2.75, 3.05) is 0 Å². The second-order valence-electron chi connectivity index (χ2n) is 2.79. The summed E-state index contributed by atoms with van der Waals surface area (Å²) in [5.41, 5.74) is 7.80. The first-order valence-corrected chi connectivity index (χ1v) is 2.75. The minimum absolute atomic E-state index is 0.196. The number of hydrogen-bond acceptors (Lipinski definition) is 2. The molecule has 1 rings (SSSR count). The summed E-state index contributed by atoms with van der Waals surface area (Å²) in [6, 6.07) is 0. The van der Waals surface area contributed by atoms with Gasteiger partial charge in [-0.3, -0.25) is 0 Å². The zero-order chi connectivity index (χ0) is 6.20. The van der Waals surface area contributed by atoms with E-state index in [0.29, 0.717) is 0 Å². The van der Waals surface area contributed by atoms with Crippen LogP contribution in [0.25, 0.3) is 0 Å². The molecule has 2 heteroatoms. The third-order valence-electron chi connectivity index (χ3n) is 1.62. The highest BCUT2D eigenvalue weighted by atomic mass is 15.0. The Balaban J connectivity index is 2.72. The van der Waals surface area contributed by atoms with Gasteiger partial charge >= 0.3 is 0 Å². The van der Waals surface area contributed by atoms with Gasteiger partial charge in [0.25, 0.3) is 0 Å². The number of nitrogens with zero attached hydrogens (tertiary/aromatic N) is 1. The lowest BCUT2D eigenvalue weighted by Gasteiger charge is -2.30. The van der Waals surface area contributed by atoms with Gasteiger partial charge in [-0.05, 0) is 6.42 Å². The maximum atomic E-state index is 6.67. The molecular formula is C6H10N2. The average molecular weight is 110 g/mol. The molecule has 0 aromatic carbocycles. The molecule has 2 nitrogen and oxygen atoms in total. The summed E-state index contributed by atoms with van der Waals surface area (Å²) >= 11 is 0. The molecule has 44 valence electrons. The molecular weight excluding hydrogens is 100 g/mol. The lowest BCUT2D eigenvalue weighted by Crippen LogP contribution is -2.20. The van der Waals surface area contributed by atoms with E-state index in [1.807, 2.05) is 6.08 Å². The van der Waals surface area contributed by atoms with E-state index in [-0.39, 0.29) is 5.41 Å². The Bertz CT molecular complexity index is 145. The molecule has 0 atom stereocenters. The molecule has 0 aromatic rings. The van der Waals surface area contributed by atoms with Gasteiger partial charge in [-0.2, -0.15) is 5.11 Å². The monoisotopic (exact) mass is 110 g/mol. The van der Waals surface area contributed by atoms with Crippen LogP contribution in [-0.4, -0.2) is 0 Å². The van der Waals surface area contributed by atoms with E-state index in [9.17, 15) is 0 Å². The normalized spacial score (nSPS) is 23.5. The van der Waals surface area contributed by atoms with Crippen LogP contribution < -0.4 is 0 Å². The minimum Gasteiger partial charge on any atom is -0.205 e. The largest absolute Gasteiger partial charge is 0.205 e. The molecule has 0 aliphatic heterocycles. The van der Waals surface area contributed by atoms with Crippen LogP contribution in [0, 0.1) is 10.9 Å². The fourth-order valence-corrected chi connectivity index (χ4v) is 0.799. The Kier molecular flexibility index (Phi) is 0.962. The van der Waals surface area contributed by atoms with Gasteiger partial charge in [0, 0.05) is 5.41 Å². The van der Waals surface area contributed by atoms with Crippen molar-refractivity contribution in [3.05, 3.63) is 11.8 Å². The zero-order valence-corrected chi connectivity index (χ0v) is 5.23. The molecule has 0 bridgehead atoms. The fraction of sp³-hybridized carbons (Fsp3) is 0.667. The molecule has 0 heterocycles. The molecule has 0 fully saturated rings. The van der Waals surface area contributed by atoms with Crippen LogP contribution in [0.4, 0.5) is 0 Å². The Hall–Kier alpha value is -0.660. The highest BCUT2D eigenvalue weighted by Gasteiger charge is 2.29. The molecule has 0 amide bonds. The van der Waals surface area contributed by atoms with Crippen LogP contribution in [0.15, 0.2) is 16.9 Å². The van der Waals surface area contributed by atoms with Crippen molar-refractivity contribution >= 4 is 0 Å². The molecule has 1 N–H and O–H groups in total. The van der Waals surface area contributed by atoms with Crippen molar-refractivity contribution in [2.24, 2.45) is 10.5 Å². The van der Waals surface area contributed by atoms with Crippen molar-refractivity contribution in [3.8, 4) is 0 Å². The summed E-state index contributed by atoms with van der Waals surface area (Å²) in [5, 5.41) is 3.36. The van der Waals surface area contributed by atoms with Crippen molar-refractivity contribution in [1.29, 1.82) is 5.53 Å². The van der Waals surface area contributed by atoms with Crippen LogP contribution in [0.1, 0.15) is 20.3 Å². The molecule has 0 saturated heterocycles. The summed E-state index contributed by atoms with van der Waals surface area (Å²) in [4.78, 5) is 0. The quantitative estimate of drug-likeness (QED) is 0.503. The van der Waals surface area contributed by atoms with Crippen LogP contribution in [0.5, 0.6) is 0 Å². The van der Waals surface area contributed by atoms with Gasteiger partial charge in [0.1, 0.15) is 0 Å². The third-order valence-corrected chi connectivity index (χ3v) is 1.62. The van der Waals surface area contributed by atoms with Gasteiger partial charge < -0.3 is 0 Å². The van der Waals surface area contributed by atoms with E-state index in [4.69, 9.17) is 5.53 Å². The average Bonchev–Trinajstić information content (AvgIpc) is 1.66. The van der Waals surface area contributed by atoms with Gasteiger partial charge in [-0.25, -0.2) is 5.53 Å². The van der Waals surface area contributed by atoms with Crippen LogP contribution in [0.2, 0.25) is 0 Å². The predicted molar refractivity (Wildman–Crippen MR) is 31.6 cm³/mol. The topological polar surface area (TPSA) is 36.2 Å². The lowest BCUT2D eigenvalue weighted by molar-refractivity contribution is 0.390. The van der Waals surface area contributed by atoms with Crippen molar-refractivity contribution in [3.63, 3.8) is 0 Å². The molecule has 8 heavy (non-hydrogen) atoms. The summed E-state index contributed by atoms with van der Waals surface area (Å²) in [7, 11) is 0. The van der Waals surface area contributed by atoms with Gasteiger partial charge in [0.15, 0.2) is 0 Å². The van der Waals surface area contributed by atoms with Crippen LogP contribution >= 0.6 is 0 Å². The van der Waals surface area contributed by atoms with Crippen molar-refractivity contribution in [2.45, 2.75) is 20.3 Å². The SMILES string of the molecule is CC1(C)CC=C1N=N. The first-order chi connectivity index (χ1) is 3.67. The maximum absolute atomic E-state index is 6.67. The van der Waals surface area contributed by atoms with E-state index < -0.39 is 0 Å². The molecule has 0 radical (unpaired) electrons. The predicted octanol–water partition coefficient (Wildman–Crippen LogP) is 2.33. The lowest BCUT2D eigenvalue weighted by atomic mass is 9.77. The van der Waals surface area contributed by atoms with E-state index in [1.54, 1.807) is 0 Å². The van der Waals surface area contributed by atoms with Gasteiger partial charge in [-0.15, -0.1) is 0 Å². The van der Waals surface area contributed by atoms with Crippen molar-refractivity contribution < 1.29 is 0 Å². The highest BCUT2D eigenvalue weighted by molar-refractivity contribution is 5.20. The smallest absolute Gasteiger partial charge is 0.0643 e. The van der Waals surface area contributed by atoms with Crippen LogP contribution in [0.3, 0.4) is 0 Å². The Morgan fingerprint density at radius 3 is 2.38 bits per heavy atom. The first-order valence-electron chi connectivity index (χ1n) is 2.75. The first kappa shape index (κ1) is 5.48. The molecule has 0 spiro atoms. The molecule has 0 unspecified atom stereocenters. The highest BCUT2D eigenvalue weighted by Crippen LogP contribution is 2.40. The summed E-state index contributed by atoms with van der Waals surface area (Å²) < 4.78 is 0. The van der Waals surface area contributed by atoms with Gasteiger partial charge in [-0.1, -0.05) is 19.9 Å². The minimum atomic E-state index is 0.196. The third kappa shape index (κ3) is 0.565. The summed E-state index contributed by atoms with van der Waals surface area (Å²) in [6.45, 7) is 4.20. The molecule has 1 aliphatic carbocycles. The Labute approximate surface area is 49.1 Å². The Morgan fingerprint density at radius 1 is 1.75 bits per heavy atom. The van der Waals surface area contributed by atoms with Crippen molar-refractivity contribution in [1.82, 2.24) is 0 Å². The number of rotatable bonds is 1. The molecule has 1 aliphatic rings. The second kappa shape index (κ2) is 1.41. The summed E-state index contributed by atoms with van der Waals surface area (Å²) in [5.74, 6) is 0. The van der Waals surface area contributed by atoms with E-state index >= 15 is 0 Å². The second-order valence-corrected chi connectivity index (χ2v) is 2.79. The maximum Gasteiger partial charge on any atom is 0.0643 e. The van der Waals surface area contributed by atoms with Gasteiger partial charge in [0.05, 0.1) is 5.70 Å². The zero-order valence-electron chi connectivity index (χ0n) is 5.23. The number of hydrogen-bond donors (Lipinski definition) is 1. The van der Waals surface area contributed by atoms with Crippen LogP contribution in [-0.2, 0) is 0 Å². The number of allylic oxidation sites excluding steroid dienone is 2. The fourth-order valence-electron chi connectivity index (χ4n) is 0.799. The van der Waals surface area contributed by atoms with E-state index in [0.717, 1.165) is 12.1 Å². The Morgan fingerprint density at radius 2 is 2.38 bits per heavy atom. The van der Waals surface area contributed by atoms with E-state index in [1.165, 1.54) is 0 Å². The molecule has 0 saturated carbocycles. The summed E-state index contributed by atoms with van der Waals surface area (Å²) in [6.07, 6.45) is 3.07. The van der Waals surface area contributed by atoms with E-state index in [2.05, 4.69) is 19.0 Å².